The van der Waals surface area contributed by atoms with Gasteiger partial charge in [0.15, 0.2) is 0 Å². The summed E-state index contributed by atoms with van der Waals surface area (Å²) in [5.74, 6) is 2.75. The summed E-state index contributed by atoms with van der Waals surface area (Å²) in [7, 11) is 0. The van der Waals surface area contributed by atoms with Crippen LogP contribution in [-0.2, 0) is 9.53 Å². The molecule has 198 valence electrons. The number of carbonyl (C=O) groups excluding carboxylic acids is 1. The average molecular weight is 483 g/mol. The summed E-state index contributed by atoms with van der Waals surface area (Å²) in [6.07, 6.45) is 14.4. The third-order valence-electron chi connectivity index (χ3n) is 13.9. The van der Waals surface area contributed by atoms with Crippen LogP contribution in [0, 0.1) is 56.2 Å². The van der Waals surface area contributed by atoms with Crippen LogP contribution in [0.25, 0.3) is 0 Å². The number of hydrogen-bond donors (Lipinski definition) is 0. The topological polar surface area (TPSA) is 26.3 Å². The van der Waals surface area contributed by atoms with E-state index in [4.69, 9.17) is 4.74 Å². The van der Waals surface area contributed by atoms with Crippen LogP contribution in [0.5, 0.6) is 0 Å². The molecule has 0 bridgehead atoms. The maximum atomic E-state index is 11.9. The minimum atomic E-state index is -0.111. The molecule has 4 saturated carbocycles. The number of fused-ring (bicyclic) bond motifs is 7. The molecular weight excluding hydrogens is 428 g/mol. The first kappa shape index (κ1) is 25.8. The molecule has 5 aliphatic carbocycles. The summed E-state index contributed by atoms with van der Waals surface area (Å²) in [6, 6.07) is 0. The molecule has 9 unspecified atom stereocenters. The van der Waals surface area contributed by atoms with Crippen LogP contribution in [0.2, 0.25) is 0 Å². The summed E-state index contributed by atoms with van der Waals surface area (Å²) in [6.45, 7) is 24.7. The molecule has 9 atom stereocenters. The lowest BCUT2D eigenvalue weighted by molar-refractivity contribution is -0.215. The standard InChI is InChI=1S/C33H54O2/c1-21-19-33(10)23(24-20-28(3,4)17-18-30(21,24)7)11-12-26-31(8)15-14-27(35-22(2)34)29(5,6)25(31)13-16-32(26,33)9/h11,21,24-27H,12-20H2,1-10H3. The van der Waals surface area contributed by atoms with Crippen LogP contribution in [0.15, 0.2) is 11.6 Å². The van der Waals surface area contributed by atoms with Gasteiger partial charge >= 0.3 is 5.97 Å². The molecule has 35 heavy (non-hydrogen) atoms. The SMILES string of the molecule is CC(=O)OC1CCC2(C)C(CCC3(C)C2CC=C2C4CC(C)(C)CCC4(C)C(C)CC23C)C1(C)C. The van der Waals surface area contributed by atoms with Crippen LogP contribution < -0.4 is 0 Å². The molecule has 0 heterocycles. The molecule has 0 radical (unpaired) electrons. The molecule has 0 aromatic rings. The van der Waals surface area contributed by atoms with Crippen molar-refractivity contribution >= 4 is 5.97 Å². The second kappa shape index (κ2) is 7.63. The highest BCUT2D eigenvalue weighted by molar-refractivity contribution is 5.66. The second-order valence-corrected chi connectivity index (χ2v) is 16.3. The fourth-order valence-corrected chi connectivity index (χ4v) is 11.4. The lowest BCUT2D eigenvalue weighted by atomic mass is 9.33. The van der Waals surface area contributed by atoms with Gasteiger partial charge in [0.05, 0.1) is 0 Å². The zero-order chi connectivity index (χ0) is 25.8. The van der Waals surface area contributed by atoms with E-state index in [1.807, 2.05) is 5.57 Å². The molecule has 2 nitrogen and oxygen atoms in total. The number of carbonyl (C=O) groups is 1. The summed E-state index contributed by atoms with van der Waals surface area (Å²) in [5.41, 5.74) is 3.80. The Hall–Kier alpha value is -0.790. The summed E-state index contributed by atoms with van der Waals surface area (Å²) < 4.78 is 5.92. The monoisotopic (exact) mass is 482 g/mol. The number of ether oxygens (including phenoxy) is 1. The van der Waals surface area contributed by atoms with Gasteiger partial charge in [-0.05, 0) is 109 Å². The van der Waals surface area contributed by atoms with Crippen molar-refractivity contribution in [1.29, 1.82) is 0 Å². The largest absolute Gasteiger partial charge is 0.462 e. The Morgan fingerprint density at radius 1 is 0.857 bits per heavy atom. The van der Waals surface area contributed by atoms with Crippen molar-refractivity contribution in [3.05, 3.63) is 11.6 Å². The first-order valence-electron chi connectivity index (χ1n) is 14.9. The van der Waals surface area contributed by atoms with E-state index in [9.17, 15) is 4.79 Å². The molecule has 0 aliphatic heterocycles. The minimum absolute atomic E-state index is 0.0384. The van der Waals surface area contributed by atoms with Crippen molar-refractivity contribution in [3.63, 3.8) is 0 Å². The van der Waals surface area contributed by atoms with Crippen LogP contribution in [0.3, 0.4) is 0 Å². The van der Waals surface area contributed by atoms with Crippen LogP contribution in [0.1, 0.15) is 127 Å². The zero-order valence-corrected chi connectivity index (χ0v) is 24.6. The van der Waals surface area contributed by atoms with E-state index in [2.05, 4.69) is 68.4 Å². The second-order valence-electron chi connectivity index (χ2n) is 16.3. The zero-order valence-electron chi connectivity index (χ0n) is 24.6. The average Bonchev–Trinajstić information content (AvgIpc) is 2.72. The molecule has 0 aromatic heterocycles. The Morgan fingerprint density at radius 2 is 1.54 bits per heavy atom. The summed E-state index contributed by atoms with van der Waals surface area (Å²) in [4.78, 5) is 11.9. The minimum Gasteiger partial charge on any atom is -0.462 e. The first-order valence-corrected chi connectivity index (χ1v) is 14.9. The van der Waals surface area contributed by atoms with Gasteiger partial charge in [-0.25, -0.2) is 0 Å². The Balaban J connectivity index is 1.55. The van der Waals surface area contributed by atoms with Crippen molar-refractivity contribution in [2.45, 2.75) is 133 Å². The van der Waals surface area contributed by atoms with Gasteiger partial charge in [-0.15, -0.1) is 0 Å². The summed E-state index contributed by atoms with van der Waals surface area (Å²) in [5, 5.41) is 0. The van der Waals surface area contributed by atoms with Crippen molar-refractivity contribution in [2.75, 3.05) is 0 Å². The van der Waals surface area contributed by atoms with Crippen LogP contribution in [0.4, 0.5) is 0 Å². The van der Waals surface area contributed by atoms with E-state index in [1.54, 1.807) is 6.92 Å². The van der Waals surface area contributed by atoms with Gasteiger partial charge in [-0.3, -0.25) is 4.79 Å². The molecule has 0 N–H and O–H groups in total. The van der Waals surface area contributed by atoms with Gasteiger partial charge < -0.3 is 4.74 Å². The molecule has 5 rings (SSSR count). The summed E-state index contributed by atoms with van der Waals surface area (Å²) >= 11 is 0. The van der Waals surface area contributed by atoms with Crippen molar-refractivity contribution in [3.8, 4) is 0 Å². The lowest BCUT2D eigenvalue weighted by Gasteiger charge is -2.72. The third-order valence-corrected chi connectivity index (χ3v) is 13.9. The highest BCUT2D eigenvalue weighted by atomic mass is 16.5. The van der Waals surface area contributed by atoms with Crippen molar-refractivity contribution < 1.29 is 9.53 Å². The predicted molar refractivity (Wildman–Crippen MR) is 145 cm³/mol. The third kappa shape index (κ3) is 3.35. The number of esters is 1. The van der Waals surface area contributed by atoms with Gasteiger partial charge in [0, 0.05) is 12.3 Å². The maximum Gasteiger partial charge on any atom is 0.302 e. The first-order chi connectivity index (χ1) is 16.0. The quantitative estimate of drug-likeness (QED) is 0.275. The molecule has 0 saturated heterocycles. The lowest BCUT2D eigenvalue weighted by Crippen LogP contribution is -2.65. The molecule has 0 amide bonds. The van der Waals surface area contributed by atoms with Gasteiger partial charge in [-0.1, -0.05) is 74.0 Å². The van der Waals surface area contributed by atoms with E-state index >= 15 is 0 Å². The Kier molecular flexibility index (Phi) is 5.63. The fraction of sp³-hybridized carbons (Fsp3) is 0.909. The van der Waals surface area contributed by atoms with Gasteiger partial charge in [0.25, 0.3) is 0 Å². The normalized spacial score (nSPS) is 52.2. The molecule has 4 fully saturated rings. The van der Waals surface area contributed by atoms with Gasteiger partial charge in [-0.2, -0.15) is 0 Å². The van der Waals surface area contributed by atoms with Gasteiger partial charge in [0.2, 0.25) is 0 Å². The Bertz CT molecular complexity index is 927. The number of rotatable bonds is 1. The molecule has 2 heteroatoms. The van der Waals surface area contributed by atoms with E-state index in [0.29, 0.717) is 38.9 Å². The van der Waals surface area contributed by atoms with Gasteiger partial charge in [0.1, 0.15) is 6.10 Å². The number of hydrogen-bond acceptors (Lipinski definition) is 2. The van der Waals surface area contributed by atoms with Crippen molar-refractivity contribution in [1.82, 2.24) is 0 Å². The van der Waals surface area contributed by atoms with E-state index in [0.717, 1.165) is 18.3 Å². The van der Waals surface area contributed by atoms with E-state index in [-0.39, 0.29) is 17.5 Å². The fourth-order valence-electron chi connectivity index (χ4n) is 11.4. The highest BCUT2D eigenvalue weighted by Crippen LogP contribution is 2.76. The predicted octanol–water partition coefficient (Wildman–Crippen LogP) is 8.99. The van der Waals surface area contributed by atoms with Crippen LogP contribution >= 0.6 is 0 Å². The molecule has 0 spiro atoms. The Morgan fingerprint density at radius 3 is 2.20 bits per heavy atom. The highest BCUT2D eigenvalue weighted by Gasteiger charge is 2.69. The van der Waals surface area contributed by atoms with E-state index < -0.39 is 0 Å². The number of allylic oxidation sites excluding steroid dienone is 2. The Labute approximate surface area is 216 Å². The maximum absolute atomic E-state index is 11.9. The molecule has 0 aromatic carbocycles. The molecular formula is C33H54O2. The smallest absolute Gasteiger partial charge is 0.302 e. The van der Waals surface area contributed by atoms with Crippen molar-refractivity contribution in [2.24, 2.45) is 56.2 Å². The van der Waals surface area contributed by atoms with Crippen LogP contribution in [-0.4, -0.2) is 12.1 Å². The van der Waals surface area contributed by atoms with E-state index in [1.165, 1.54) is 51.4 Å². The molecule has 5 aliphatic rings.